The van der Waals surface area contributed by atoms with Gasteiger partial charge in [0.15, 0.2) is 16.6 Å². The molecule has 0 bridgehead atoms. The molecule has 0 heterocycles. The molecule has 0 rings (SSSR count). The molecule has 15 heavy (non-hydrogen) atoms. The molecule has 0 saturated heterocycles. The third-order valence-electron chi connectivity index (χ3n) is 1.58. The fourth-order valence-corrected chi connectivity index (χ4v) is 8.52. The van der Waals surface area contributed by atoms with Crippen LogP contribution in [-0.4, -0.2) is 29.0 Å². The maximum absolute atomic E-state index is 8.24. The molecule has 0 saturated carbocycles. The molecule has 0 aliphatic heterocycles. The summed E-state index contributed by atoms with van der Waals surface area (Å²) in [6.45, 7) is 7.97. The van der Waals surface area contributed by atoms with Crippen LogP contribution in [0.25, 0.3) is 20.9 Å². The Bertz CT molecular complexity index is 275. The van der Waals surface area contributed by atoms with Crippen molar-refractivity contribution in [3.05, 3.63) is 20.9 Å². The number of hydrogen-bond donors (Lipinski definition) is 0. The average Bonchev–Trinajstić information content (AvgIpc) is 2.10. The first-order valence-corrected chi connectivity index (χ1v) is 10.8. The summed E-state index contributed by atoms with van der Waals surface area (Å²) < 4.78 is 5.98. The summed E-state index contributed by atoms with van der Waals surface area (Å²) in [4.78, 5) is 5.45. The van der Waals surface area contributed by atoms with Gasteiger partial charge in [-0.15, -0.1) is 0 Å². The third kappa shape index (κ3) is 7.00. The highest BCUT2D eigenvalue weighted by molar-refractivity contribution is 6.85. The molecule has 0 atom stereocenters. The van der Waals surface area contributed by atoms with Gasteiger partial charge in [0.1, 0.15) is 0 Å². The quantitative estimate of drug-likeness (QED) is 0.304. The smallest absolute Gasteiger partial charge is 0.179 e. The molecule has 0 aliphatic carbocycles. The molecular weight excluding hydrogens is 228 g/mol. The lowest BCUT2D eigenvalue weighted by molar-refractivity contribution is 0.541. The summed E-state index contributed by atoms with van der Waals surface area (Å²) in [5, 5.41) is 7.09. The summed E-state index contributed by atoms with van der Waals surface area (Å²) in [6.07, 6.45) is 0.826. The average molecular weight is 244 g/mol. The van der Waals surface area contributed by atoms with Gasteiger partial charge >= 0.3 is 0 Å². The zero-order valence-corrected chi connectivity index (χ0v) is 11.5. The Hall–Kier alpha value is -0.986. The molecule has 0 amide bonds. The van der Waals surface area contributed by atoms with Crippen molar-refractivity contribution in [2.75, 3.05) is 12.3 Å². The van der Waals surface area contributed by atoms with Crippen molar-refractivity contribution >= 4 is 16.6 Å². The van der Waals surface area contributed by atoms with Crippen LogP contribution in [0.1, 0.15) is 0 Å². The van der Waals surface area contributed by atoms with Crippen LogP contribution in [0, 0.1) is 0 Å². The fraction of sp³-hybridized carbons (Fsp3) is 1.00. The summed E-state index contributed by atoms with van der Waals surface area (Å²) in [5.74, 6) is 0. The van der Waals surface area contributed by atoms with E-state index >= 15 is 0 Å². The molecule has 84 valence electrons. The van der Waals surface area contributed by atoms with Crippen molar-refractivity contribution in [2.24, 2.45) is 10.2 Å². The summed E-state index contributed by atoms with van der Waals surface area (Å²) in [7, 11) is -3.90. The third-order valence-corrected chi connectivity index (χ3v) is 7.81. The van der Waals surface area contributed by atoms with Crippen molar-refractivity contribution < 1.29 is 4.12 Å². The molecule has 0 aliphatic rings. The molecule has 0 aromatic carbocycles. The second-order valence-corrected chi connectivity index (χ2v) is 12.9. The molecular formula is C6H16N6OSi2. The monoisotopic (exact) mass is 244 g/mol. The second-order valence-electron chi connectivity index (χ2n) is 4.40. The highest BCUT2D eigenvalue weighted by Gasteiger charge is 2.31. The van der Waals surface area contributed by atoms with E-state index < -0.39 is 16.6 Å². The standard InChI is InChI=1S/C6H16N6OSi2/c1-14(2,5-9-11-7)13-15(3,4)6-10-12-8/h5-6H2,1-4H3. The number of rotatable bonds is 6. The Labute approximate surface area is 91.0 Å². The highest BCUT2D eigenvalue weighted by Crippen LogP contribution is 2.15. The highest BCUT2D eigenvalue weighted by atomic mass is 28.4. The Kier molecular flexibility index (Phi) is 5.41. The van der Waals surface area contributed by atoms with Gasteiger partial charge in [-0.1, -0.05) is 10.2 Å². The van der Waals surface area contributed by atoms with Gasteiger partial charge in [0.05, 0.1) is 0 Å². The Morgan fingerprint density at radius 1 is 0.933 bits per heavy atom. The van der Waals surface area contributed by atoms with E-state index in [1.54, 1.807) is 0 Å². The van der Waals surface area contributed by atoms with Crippen molar-refractivity contribution in [3.63, 3.8) is 0 Å². The molecule has 0 N–H and O–H groups in total. The normalized spacial score (nSPS) is 11.5. The van der Waals surface area contributed by atoms with Gasteiger partial charge in [0.2, 0.25) is 0 Å². The van der Waals surface area contributed by atoms with Crippen LogP contribution in [0.5, 0.6) is 0 Å². The SMILES string of the molecule is C[Si](C)(CN=[N+]=[N-])O[Si](C)(C)CN=[N+]=[N-]. The predicted octanol–water partition coefficient (Wildman–Crippen LogP) is 3.11. The molecule has 0 unspecified atom stereocenters. The van der Waals surface area contributed by atoms with Crippen LogP contribution in [0.2, 0.25) is 26.2 Å². The molecule has 9 heteroatoms. The minimum atomic E-state index is -1.95. The summed E-state index contributed by atoms with van der Waals surface area (Å²) >= 11 is 0. The van der Waals surface area contributed by atoms with Crippen LogP contribution < -0.4 is 0 Å². The van der Waals surface area contributed by atoms with Crippen LogP contribution in [-0.2, 0) is 4.12 Å². The van der Waals surface area contributed by atoms with E-state index in [9.17, 15) is 0 Å². The van der Waals surface area contributed by atoms with Gasteiger partial charge in [-0.3, -0.25) is 0 Å². The van der Waals surface area contributed by atoms with Crippen molar-refractivity contribution in [1.82, 2.24) is 0 Å². The largest absolute Gasteiger partial charge is 0.455 e. The maximum atomic E-state index is 8.24. The molecule has 0 spiro atoms. The number of azide groups is 2. The first kappa shape index (κ1) is 14.0. The minimum absolute atomic E-state index is 0.413. The van der Waals surface area contributed by atoms with Gasteiger partial charge in [-0.25, -0.2) is 0 Å². The maximum Gasteiger partial charge on any atom is 0.179 e. The van der Waals surface area contributed by atoms with Crippen LogP contribution in [0.3, 0.4) is 0 Å². The van der Waals surface area contributed by atoms with Gasteiger partial charge in [-0.05, 0) is 37.3 Å². The molecule has 0 aromatic rings. The van der Waals surface area contributed by atoms with E-state index in [2.05, 4.69) is 20.1 Å². The van der Waals surface area contributed by atoms with Crippen LogP contribution in [0.4, 0.5) is 0 Å². The fourth-order valence-electron chi connectivity index (χ4n) is 1.22. The van der Waals surface area contributed by atoms with Crippen molar-refractivity contribution in [1.29, 1.82) is 0 Å². The topological polar surface area (TPSA) is 107 Å². The van der Waals surface area contributed by atoms with Crippen LogP contribution >= 0.6 is 0 Å². The predicted molar refractivity (Wildman–Crippen MR) is 64.1 cm³/mol. The Balaban J connectivity index is 4.40. The zero-order chi connectivity index (χ0) is 11.9. The lowest BCUT2D eigenvalue weighted by Crippen LogP contribution is -2.48. The molecule has 0 aromatic heterocycles. The zero-order valence-electron chi connectivity index (χ0n) is 9.51. The van der Waals surface area contributed by atoms with Crippen molar-refractivity contribution in [2.45, 2.75) is 26.2 Å². The van der Waals surface area contributed by atoms with E-state index in [-0.39, 0.29) is 0 Å². The lowest BCUT2D eigenvalue weighted by atomic mass is 11.5. The number of hydrogen-bond acceptors (Lipinski definition) is 3. The van der Waals surface area contributed by atoms with E-state index in [1.807, 2.05) is 26.2 Å². The lowest BCUT2D eigenvalue weighted by Gasteiger charge is -2.31. The van der Waals surface area contributed by atoms with Gasteiger partial charge in [0.25, 0.3) is 0 Å². The van der Waals surface area contributed by atoms with E-state index in [0.29, 0.717) is 12.3 Å². The van der Waals surface area contributed by atoms with E-state index in [4.69, 9.17) is 15.2 Å². The first-order chi connectivity index (χ1) is 6.83. The van der Waals surface area contributed by atoms with E-state index in [0.717, 1.165) is 0 Å². The summed E-state index contributed by atoms with van der Waals surface area (Å²) in [6, 6.07) is 0. The van der Waals surface area contributed by atoms with Gasteiger partial charge < -0.3 is 4.12 Å². The molecule has 0 fully saturated rings. The number of nitrogens with zero attached hydrogens (tertiary/aromatic N) is 6. The van der Waals surface area contributed by atoms with Gasteiger partial charge in [0, 0.05) is 22.2 Å². The minimum Gasteiger partial charge on any atom is -0.455 e. The Morgan fingerprint density at radius 2 is 1.27 bits per heavy atom. The molecule has 7 nitrogen and oxygen atoms in total. The van der Waals surface area contributed by atoms with E-state index in [1.165, 1.54) is 0 Å². The molecule has 0 radical (unpaired) electrons. The van der Waals surface area contributed by atoms with Crippen LogP contribution in [0.15, 0.2) is 10.2 Å². The summed E-state index contributed by atoms with van der Waals surface area (Å²) in [5.41, 5.74) is 16.5. The second kappa shape index (κ2) is 5.79. The Morgan fingerprint density at radius 3 is 1.53 bits per heavy atom. The van der Waals surface area contributed by atoms with Crippen molar-refractivity contribution in [3.8, 4) is 0 Å². The first-order valence-electron chi connectivity index (χ1n) is 4.55. The van der Waals surface area contributed by atoms with Gasteiger partial charge in [-0.2, -0.15) is 0 Å².